The molecule has 1 amide bonds. The van der Waals surface area contributed by atoms with Crippen molar-refractivity contribution in [3.63, 3.8) is 0 Å². The van der Waals surface area contributed by atoms with Crippen LogP contribution in [0.3, 0.4) is 0 Å². The second-order valence-electron chi connectivity index (χ2n) is 7.71. The normalized spacial score (nSPS) is 14.5. The summed E-state index contributed by atoms with van der Waals surface area (Å²) in [5.74, 6) is 0.206. The highest BCUT2D eigenvalue weighted by molar-refractivity contribution is 5.97. The Morgan fingerprint density at radius 2 is 1.90 bits per heavy atom. The number of phenols is 1. The van der Waals surface area contributed by atoms with E-state index in [9.17, 15) is 19.5 Å². The molecule has 31 heavy (non-hydrogen) atoms. The first-order chi connectivity index (χ1) is 15.0. The molecule has 0 radical (unpaired) electrons. The molecule has 0 saturated carbocycles. The van der Waals surface area contributed by atoms with Gasteiger partial charge in [0.05, 0.1) is 10.9 Å². The van der Waals surface area contributed by atoms with E-state index in [0.717, 1.165) is 5.56 Å². The fourth-order valence-corrected chi connectivity index (χ4v) is 4.02. The van der Waals surface area contributed by atoms with Gasteiger partial charge in [-0.15, -0.1) is 0 Å². The molecule has 0 atom stereocenters. The Morgan fingerprint density at radius 3 is 2.58 bits per heavy atom. The van der Waals surface area contributed by atoms with Gasteiger partial charge in [-0.05, 0) is 37.5 Å². The molecule has 1 aliphatic heterocycles. The first kappa shape index (κ1) is 20.7. The van der Waals surface area contributed by atoms with Crippen LogP contribution in [0.1, 0.15) is 46.0 Å². The number of benzene rings is 2. The van der Waals surface area contributed by atoms with Gasteiger partial charge in [0, 0.05) is 24.6 Å². The second kappa shape index (κ2) is 8.63. The van der Waals surface area contributed by atoms with E-state index in [1.165, 1.54) is 12.1 Å². The molecular formula is C24H23NO6. The van der Waals surface area contributed by atoms with Crippen LogP contribution in [0, 0.1) is 6.92 Å². The van der Waals surface area contributed by atoms with Crippen molar-refractivity contribution in [1.29, 1.82) is 0 Å². The lowest BCUT2D eigenvalue weighted by Gasteiger charge is -2.31. The van der Waals surface area contributed by atoms with Gasteiger partial charge in [0.2, 0.25) is 0 Å². The van der Waals surface area contributed by atoms with Crippen molar-refractivity contribution in [3.05, 3.63) is 75.1 Å². The van der Waals surface area contributed by atoms with Gasteiger partial charge in [0.25, 0.3) is 0 Å². The standard InChI is InChI=1S/C24H23NO6/c1-15-21(28)18-7-8-20(27)19(13-26)23(18)31-22(15)17-9-11-25(12-10-17)24(29)30-14-16-5-3-2-4-6-16/h2-8,13,17,27H,9-12,14H2,1H3. The zero-order valence-electron chi connectivity index (χ0n) is 17.2. The highest BCUT2D eigenvalue weighted by atomic mass is 16.6. The van der Waals surface area contributed by atoms with Crippen LogP contribution in [0.25, 0.3) is 11.0 Å². The number of aromatic hydroxyl groups is 1. The Balaban J connectivity index is 1.49. The molecule has 7 nitrogen and oxygen atoms in total. The van der Waals surface area contributed by atoms with Crippen LogP contribution in [0.5, 0.6) is 5.75 Å². The molecular weight excluding hydrogens is 398 g/mol. The zero-order chi connectivity index (χ0) is 22.0. The number of ether oxygens (including phenoxy) is 1. The van der Waals surface area contributed by atoms with E-state index in [4.69, 9.17) is 9.15 Å². The number of aldehydes is 1. The molecule has 1 aromatic heterocycles. The average molecular weight is 421 g/mol. The highest BCUT2D eigenvalue weighted by Crippen LogP contribution is 2.33. The molecule has 160 valence electrons. The van der Waals surface area contributed by atoms with Crippen LogP contribution in [0.2, 0.25) is 0 Å². The van der Waals surface area contributed by atoms with Crippen molar-refractivity contribution in [2.24, 2.45) is 0 Å². The number of amides is 1. The van der Waals surface area contributed by atoms with Crippen LogP contribution in [0.4, 0.5) is 4.79 Å². The van der Waals surface area contributed by atoms with Crippen molar-refractivity contribution in [3.8, 4) is 5.75 Å². The number of hydrogen-bond acceptors (Lipinski definition) is 6. The minimum absolute atomic E-state index is 0.0298. The monoisotopic (exact) mass is 421 g/mol. The molecule has 0 bridgehead atoms. The lowest BCUT2D eigenvalue weighted by atomic mass is 9.91. The Bertz CT molecular complexity index is 1180. The summed E-state index contributed by atoms with van der Waals surface area (Å²) in [4.78, 5) is 38.3. The summed E-state index contributed by atoms with van der Waals surface area (Å²) in [6, 6.07) is 12.3. The molecule has 0 unspecified atom stereocenters. The molecule has 1 fully saturated rings. The summed E-state index contributed by atoms with van der Waals surface area (Å²) in [6.07, 6.45) is 1.33. The third-order valence-corrected chi connectivity index (χ3v) is 5.79. The maximum atomic E-state index is 12.8. The minimum Gasteiger partial charge on any atom is -0.507 e. The van der Waals surface area contributed by atoms with Crippen molar-refractivity contribution in [1.82, 2.24) is 4.90 Å². The van der Waals surface area contributed by atoms with Crippen molar-refractivity contribution in [2.75, 3.05) is 13.1 Å². The van der Waals surface area contributed by atoms with Crippen LogP contribution < -0.4 is 5.43 Å². The summed E-state index contributed by atoms with van der Waals surface area (Å²) < 4.78 is 11.4. The van der Waals surface area contributed by atoms with Gasteiger partial charge in [-0.2, -0.15) is 0 Å². The molecule has 4 rings (SSSR count). The van der Waals surface area contributed by atoms with E-state index in [-0.39, 0.29) is 46.3 Å². The fraction of sp³-hybridized carbons (Fsp3) is 0.292. The minimum atomic E-state index is -0.368. The number of hydrogen-bond donors (Lipinski definition) is 1. The largest absolute Gasteiger partial charge is 0.507 e. The number of rotatable bonds is 4. The number of piperidine rings is 1. The smallest absolute Gasteiger partial charge is 0.410 e. The number of likely N-dealkylation sites (tertiary alicyclic amines) is 1. The number of carbonyl (C=O) groups excluding carboxylic acids is 2. The molecule has 2 aromatic carbocycles. The number of nitrogens with zero attached hydrogens (tertiary/aromatic N) is 1. The van der Waals surface area contributed by atoms with Gasteiger partial charge < -0.3 is 19.2 Å². The SMILES string of the molecule is Cc1c(C2CCN(C(=O)OCc3ccccc3)CC2)oc2c(C=O)c(O)ccc2c1=O. The molecule has 2 heterocycles. The van der Waals surface area contributed by atoms with Crippen LogP contribution in [-0.2, 0) is 11.3 Å². The Kier molecular flexibility index (Phi) is 5.75. The van der Waals surface area contributed by atoms with Gasteiger partial charge in [-0.25, -0.2) is 4.79 Å². The average Bonchev–Trinajstić information content (AvgIpc) is 2.80. The maximum absolute atomic E-state index is 12.8. The van der Waals surface area contributed by atoms with Crippen LogP contribution in [-0.4, -0.2) is 35.5 Å². The molecule has 7 heteroatoms. The Labute approximate surface area is 178 Å². The van der Waals surface area contributed by atoms with Gasteiger partial charge in [-0.1, -0.05) is 30.3 Å². The predicted molar refractivity (Wildman–Crippen MR) is 114 cm³/mol. The van der Waals surface area contributed by atoms with E-state index >= 15 is 0 Å². The van der Waals surface area contributed by atoms with Crippen molar-refractivity contribution >= 4 is 23.3 Å². The van der Waals surface area contributed by atoms with E-state index in [0.29, 0.717) is 43.5 Å². The summed E-state index contributed by atoms with van der Waals surface area (Å²) in [5, 5.41) is 10.2. The first-order valence-electron chi connectivity index (χ1n) is 10.2. The van der Waals surface area contributed by atoms with Crippen molar-refractivity contribution in [2.45, 2.75) is 32.3 Å². The molecule has 0 aliphatic carbocycles. The molecule has 1 saturated heterocycles. The Morgan fingerprint density at radius 1 is 1.19 bits per heavy atom. The third kappa shape index (κ3) is 4.03. The third-order valence-electron chi connectivity index (χ3n) is 5.79. The lowest BCUT2D eigenvalue weighted by Crippen LogP contribution is -2.38. The van der Waals surface area contributed by atoms with Gasteiger partial charge >= 0.3 is 6.09 Å². The number of phenolic OH excluding ortho intramolecular Hbond substituents is 1. The molecule has 1 N–H and O–H groups in total. The summed E-state index contributed by atoms with van der Waals surface area (Å²) in [6.45, 7) is 2.87. The van der Waals surface area contributed by atoms with Crippen LogP contribution >= 0.6 is 0 Å². The fourth-order valence-electron chi connectivity index (χ4n) is 4.02. The van der Waals surface area contributed by atoms with E-state index < -0.39 is 0 Å². The van der Waals surface area contributed by atoms with E-state index in [1.54, 1.807) is 11.8 Å². The van der Waals surface area contributed by atoms with Gasteiger partial charge in [0.1, 0.15) is 18.1 Å². The second-order valence-corrected chi connectivity index (χ2v) is 7.71. The van der Waals surface area contributed by atoms with E-state index in [2.05, 4.69) is 0 Å². The zero-order valence-corrected chi connectivity index (χ0v) is 17.2. The topological polar surface area (TPSA) is 97.1 Å². The summed E-state index contributed by atoms with van der Waals surface area (Å²) in [7, 11) is 0. The lowest BCUT2D eigenvalue weighted by molar-refractivity contribution is 0.0858. The molecule has 3 aromatic rings. The van der Waals surface area contributed by atoms with Crippen LogP contribution in [0.15, 0.2) is 51.7 Å². The number of fused-ring (bicyclic) bond motifs is 1. The van der Waals surface area contributed by atoms with Gasteiger partial charge in [-0.3, -0.25) is 9.59 Å². The molecule has 1 aliphatic rings. The summed E-state index contributed by atoms with van der Waals surface area (Å²) in [5.41, 5.74) is 1.26. The summed E-state index contributed by atoms with van der Waals surface area (Å²) >= 11 is 0. The maximum Gasteiger partial charge on any atom is 0.410 e. The van der Waals surface area contributed by atoms with E-state index in [1.807, 2.05) is 30.3 Å². The highest BCUT2D eigenvalue weighted by Gasteiger charge is 2.29. The molecule has 0 spiro atoms. The first-order valence-corrected chi connectivity index (χ1v) is 10.2. The number of carbonyl (C=O) groups is 2. The quantitative estimate of drug-likeness (QED) is 0.636. The van der Waals surface area contributed by atoms with Crippen molar-refractivity contribution < 1.29 is 23.8 Å². The predicted octanol–water partition coefficient (Wildman–Crippen LogP) is 4.14. The Hall–Kier alpha value is -3.61. The van der Waals surface area contributed by atoms with Gasteiger partial charge in [0.15, 0.2) is 17.3 Å².